The molecular formula is C31H43N3O10S. The first-order chi connectivity index (χ1) is 21.3. The summed E-state index contributed by atoms with van der Waals surface area (Å²) < 4.78 is 28.0. The quantitative estimate of drug-likeness (QED) is 0.134. The Morgan fingerprint density at radius 3 is 2.51 bits per heavy atom. The fourth-order valence-electron chi connectivity index (χ4n) is 5.01. The van der Waals surface area contributed by atoms with Crippen LogP contribution in [0.2, 0.25) is 0 Å². The molecule has 1 aromatic heterocycles. The lowest BCUT2D eigenvalue weighted by Gasteiger charge is -2.42. The average molecular weight is 650 g/mol. The van der Waals surface area contributed by atoms with Gasteiger partial charge in [0, 0.05) is 31.6 Å². The second kappa shape index (κ2) is 16.1. The molecule has 2 aliphatic rings. The van der Waals surface area contributed by atoms with E-state index in [9.17, 15) is 19.2 Å². The zero-order valence-corrected chi connectivity index (χ0v) is 27.6. The molecule has 0 unspecified atom stereocenters. The van der Waals surface area contributed by atoms with Crippen molar-refractivity contribution in [1.82, 2.24) is 5.32 Å². The number of hydrogen-bond donors (Lipinski definition) is 1. The number of thioether (sulfide) groups is 1. The van der Waals surface area contributed by atoms with Crippen LogP contribution in [-0.2, 0) is 33.4 Å². The second-order valence-electron chi connectivity index (χ2n) is 11.1. The van der Waals surface area contributed by atoms with Crippen LogP contribution < -0.4 is 15.7 Å². The van der Waals surface area contributed by atoms with Crippen molar-refractivity contribution >= 4 is 40.4 Å². The highest BCUT2D eigenvalue weighted by molar-refractivity contribution is 8.16. The van der Waals surface area contributed by atoms with Gasteiger partial charge in [-0.1, -0.05) is 45.0 Å². The van der Waals surface area contributed by atoms with E-state index >= 15 is 0 Å². The number of carbonyl (C=O) groups excluding carboxylic acids is 3. The van der Waals surface area contributed by atoms with Crippen molar-refractivity contribution < 1.29 is 42.6 Å². The van der Waals surface area contributed by atoms with E-state index in [4.69, 9.17) is 28.2 Å². The van der Waals surface area contributed by atoms with Crippen LogP contribution in [0.3, 0.4) is 0 Å². The molecule has 2 aliphatic heterocycles. The first-order valence-corrected chi connectivity index (χ1v) is 15.9. The highest BCUT2D eigenvalue weighted by atomic mass is 32.2. The predicted molar refractivity (Wildman–Crippen MR) is 168 cm³/mol. The Morgan fingerprint density at radius 2 is 1.89 bits per heavy atom. The van der Waals surface area contributed by atoms with Gasteiger partial charge < -0.3 is 33.5 Å². The van der Waals surface area contributed by atoms with E-state index in [1.807, 2.05) is 20.8 Å². The molecule has 45 heavy (non-hydrogen) atoms. The van der Waals surface area contributed by atoms with Crippen molar-refractivity contribution in [3.8, 4) is 5.75 Å². The number of ether oxygens (including phenoxy) is 4. The molecule has 0 spiro atoms. The van der Waals surface area contributed by atoms with Gasteiger partial charge in [0.05, 0.1) is 18.2 Å². The summed E-state index contributed by atoms with van der Waals surface area (Å²) in [6.45, 7) is 15.5. The summed E-state index contributed by atoms with van der Waals surface area (Å²) in [6, 6.07) is 2.24. The second-order valence-corrected chi connectivity index (χ2v) is 12.1. The van der Waals surface area contributed by atoms with Crippen LogP contribution in [0.15, 0.2) is 44.1 Å². The standard InChI is InChI=1S/C31H43N3O10S/c1-9-12-22(24-14-21(39-13-10-2)15-25(37)42-24)32-30(38)31(8)16-45-28(33-31)18(5)34-44-29-27(41-20(7)36)26(40-19(6)35)17(4)23(11-3)43-29/h10,14-15,17,22-23,26-27,29H,2,9,11-13,16H2,1,3-8H3,(H,32,38)/b34-18+/t17-,22-,23-,26+,27-,29-,31+/m1/s1. The molecule has 0 saturated carbocycles. The number of hydrogen-bond acceptors (Lipinski definition) is 13. The molecule has 3 rings (SSSR count). The van der Waals surface area contributed by atoms with Gasteiger partial charge in [-0.25, -0.2) is 4.79 Å². The lowest BCUT2D eigenvalue weighted by Crippen LogP contribution is -2.56. The summed E-state index contributed by atoms with van der Waals surface area (Å²) >= 11 is 1.33. The molecule has 1 saturated heterocycles. The van der Waals surface area contributed by atoms with Crippen molar-refractivity contribution in [2.24, 2.45) is 16.1 Å². The van der Waals surface area contributed by atoms with Crippen molar-refractivity contribution in [3.05, 3.63) is 41.0 Å². The molecule has 13 nitrogen and oxygen atoms in total. The summed E-state index contributed by atoms with van der Waals surface area (Å²) in [7, 11) is 0. The van der Waals surface area contributed by atoms with Gasteiger partial charge in [-0.15, -0.1) is 11.8 Å². The zero-order chi connectivity index (χ0) is 33.3. The Balaban J connectivity index is 1.79. The van der Waals surface area contributed by atoms with E-state index < -0.39 is 47.6 Å². The molecule has 0 radical (unpaired) electrons. The molecule has 1 N–H and O–H groups in total. The molecule has 1 fully saturated rings. The fraction of sp³-hybridized carbons (Fsp3) is 0.613. The average Bonchev–Trinajstić information content (AvgIpc) is 3.39. The molecular weight excluding hydrogens is 606 g/mol. The van der Waals surface area contributed by atoms with Crippen LogP contribution in [0.1, 0.15) is 79.5 Å². The topological polar surface area (TPSA) is 164 Å². The Kier molecular flexibility index (Phi) is 12.8. The van der Waals surface area contributed by atoms with Crippen LogP contribution in [0.4, 0.5) is 0 Å². The lowest BCUT2D eigenvalue weighted by molar-refractivity contribution is -0.290. The summed E-state index contributed by atoms with van der Waals surface area (Å²) in [4.78, 5) is 59.9. The van der Waals surface area contributed by atoms with Crippen LogP contribution in [-0.4, -0.2) is 71.1 Å². The molecule has 0 aliphatic carbocycles. The number of rotatable bonds is 14. The van der Waals surface area contributed by atoms with Crippen molar-refractivity contribution in [3.63, 3.8) is 0 Å². The number of nitrogens with zero attached hydrogens (tertiary/aromatic N) is 2. The Morgan fingerprint density at radius 1 is 1.20 bits per heavy atom. The van der Waals surface area contributed by atoms with E-state index in [1.165, 1.54) is 31.7 Å². The first-order valence-electron chi connectivity index (χ1n) is 14.9. The monoisotopic (exact) mass is 649 g/mol. The Bertz CT molecular complexity index is 1360. The first kappa shape index (κ1) is 35.8. The number of carbonyl (C=O) groups is 3. The van der Waals surface area contributed by atoms with Gasteiger partial charge in [-0.3, -0.25) is 19.4 Å². The number of aliphatic imine (C=N–C) groups is 1. The number of oxime groups is 1. The van der Waals surface area contributed by atoms with E-state index in [1.54, 1.807) is 26.0 Å². The van der Waals surface area contributed by atoms with Crippen LogP contribution in [0.5, 0.6) is 5.75 Å². The van der Waals surface area contributed by atoms with E-state index in [-0.39, 0.29) is 30.3 Å². The lowest BCUT2D eigenvalue weighted by atomic mass is 9.89. The SMILES string of the molecule is C=CCOc1cc([C@@H](CCC)NC(=O)[C@]2(C)CSC(/C(C)=N/O[C@H]3O[C@H](CC)[C@@H](C)[C@H](OC(C)=O)[C@H]3OC(C)=O)=N2)oc(=O)c1. The van der Waals surface area contributed by atoms with Gasteiger partial charge in [0.1, 0.15) is 40.5 Å². The Labute approximate surface area is 267 Å². The van der Waals surface area contributed by atoms with Crippen LogP contribution in [0.25, 0.3) is 0 Å². The fourth-order valence-corrected chi connectivity index (χ4v) is 6.14. The van der Waals surface area contributed by atoms with Crippen LogP contribution in [0, 0.1) is 5.92 Å². The van der Waals surface area contributed by atoms with E-state index in [2.05, 4.69) is 22.0 Å². The third kappa shape index (κ3) is 9.42. The molecule has 248 valence electrons. The van der Waals surface area contributed by atoms with Gasteiger partial charge in [0.2, 0.25) is 12.0 Å². The minimum absolute atomic E-state index is 0.216. The molecule has 14 heteroatoms. The van der Waals surface area contributed by atoms with E-state index in [0.717, 1.165) is 0 Å². The number of amides is 1. The zero-order valence-electron chi connectivity index (χ0n) is 26.8. The van der Waals surface area contributed by atoms with Crippen LogP contribution >= 0.6 is 11.8 Å². The van der Waals surface area contributed by atoms with Gasteiger partial charge in [-0.2, -0.15) is 0 Å². The smallest absolute Gasteiger partial charge is 0.339 e. The van der Waals surface area contributed by atoms with Gasteiger partial charge >= 0.3 is 17.6 Å². The highest BCUT2D eigenvalue weighted by Crippen LogP contribution is 2.34. The van der Waals surface area contributed by atoms with Gasteiger partial charge in [0.15, 0.2) is 0 Å². The van der Waals surface area contributed by atoms with Gasteiger partial charge in [-0.05, 0) is 26.7 Å². The van der Waals surface area contributed by atoms with E-state index in [0.29, 0.717) is 41.5 Å². The number of esters is 2. The van der Waals surface area contributed by atoms with Crippen molar-refractivity contribution in [2.45, 2.75) is 104 Å². The summed E-state index contributed by atoms with van der Waals surface area (Å²) in [5, 5.41) is 7.66. The minimum atomic E-state index is -1.15. The van der Waals surface area contributed by atoms with Crippen molar-refractivity contribution in [2.75, 3.05) is 12.4 Å². The summed E-state index contributed by atoms with van der Waals surface area (Å²) in [6.07, 6.45) is 0.0452. The molecule has 0 aromatic carbocycles. The maximum absolute atomic E-state index is 13.5. The summed E-state index contributed by atoms with van der Waals surface area (Å²) in [5.74, 6) is -0.810. The largest absolute Gasteiger partial charge is 0.489 e. The molecule has 1 aromatic rings. The van der Waals surface area contributed by atoms with Gasteiger partial charge in [0.25, 0.3) is 6.29 Å². The maximum Gasteiger partial charge on any atom is 0.339 e. The highest BCUT2D eigenvalue weighted by Gasteiger charge is 2.49. The molecule has 0 bridgehead atoms. The summed E-state index contributed by atoms with van der Waals surface area (Å²) in [5.41, 5.74) is -1.36. The normalized spacial score (nSPS) is 27.1. The minimum Gasteiger partial charge on any atom is -0.489 e. The maximum atomic E-state index is 13.5. The third-order valence-electron chi connectivity index (χ3n) is 7.30. The molecule has 1 amide bonds. The number of nitrogens with one attached hydrogen (secondary N) is 1. The molecule has 7 atom stereocenters. The Hall–Kier alpha value is -3.65. The predicted octanol–water partition coefficient (Wildman–Crippen LogP) is 4.09. The molecule has 3 heterocycles. The third-order valence-corrected chi connectivity index (χ3v) is 8.67. The van der Waals surface area contributed by atoms with Crippen molar-refractivity contribution in [1.29, 1.82) is 0 Å².